The molecule has 5 nitrogen and oxygen atoms in total. The second kappa shape index (κ2) is 7.40. The molecule has 1 saturated heterocycles. The molecule has 140 valence electrons. The van der Waals surface area contributed by atoms with Crippen molar-refractivity contribution in [2.45, 2.75) is 12.5 Å². The van der Waals surface area contributed by atoms with Crippen LogP contribution in [0.25, 0.3) is 10.9 Å². The number of halogens is 1. The summed E-state index contributed by atoms with van der Waals surface area (Å²) in [4.78, 5) is 14.8. The van der Waals surface area contributed by atoms with Gasteiger partial charge in [-0.2, -0.15) is 0 Å². The van der Waals surface area contributed by atoms with Gasteiger partial charge in [-0.15, -0.1) is 0 Å². The van der Waals surface area contributed by atoms with Gasteiger partial charge in [-0.25, -0.2) is 9.18 Å². The van der Waals surface area contributed by atoms with Crippen molar-refractivity contribution < 1.29 is 18.7 Å². The van der Waals surface area contributed by atoms with E-state index in [1.807, 2.05) is 24.3 Å². The highest BCUT2D eigenvalue weighted by molar-refractivity contribution is 5.92. The summed E-state index contributed by atoms with van der Waals surface area (Å²) >= 11 is 0. The zero-order valence-electron chi connectivity index (χ0n) is 15.1. The first kappa shape index (κ1) is 17.5. The summed E-state index contributed by atoms with van der Waals surface area (Å²) in [7, 11) is 1.62. The molecule has 2 aromatic carbocycles. The Kier molecular flexibility index (Phi) is 4.81. The van der Waals surface area contributed by atoms with Crippen LogP contribution in [0.15, 0.2) is 54.7 Å². The second-order valence-electron chi connectivity index (χ2n) is 6.66. The van der Waals surface area contributed by atoms with Crippen LogP contribution >= 0.6 is 0 Å². The van der Waals surface area contributed by atoms with Crippen LogP contribution in [-0.4, -0.2) is 48.4 Å². The van der Waals surface area contributed by atoms with Gasteiger partial charge < -0.3 is 14.4 Å². The van der Waals surface area contributed by atoms with Gasteiger partial charge >= 0.3 is 6.03 Å². The Bertz CT molecular complexity index is 952. The molecule has 2 heterocycles. The smallest absolute Gasteiger partial charge is 0.328 e. The van der Waals surface area contributed by atoms with E-state index in [1.165, 1.54) is 12.1 Å². The molecule has 3 aromatic rings. The van der Waals surface area contributed by atoms with Crippen LogP contribution < -0.4 is 4.74 Å². The minimum Gasteiger partial charge on any atom is -0.497 e. The number of carbonyl (C=O) groups excluding carboxylic acids is 1. The third-order valence-electron chi connectivity index (χ3n) is 4.89. The lowest BCUT2D eigenvalue weighted by Crippen LogP contribution is -2.47. The van der Waals surface area contributed by atoms with Gasteiger partial charge in [0.15, 0.2) is 0 Å². The van der Waals surface area contributed by atoms with Gasteiger partial charge in [-0.3, -0.25) is 4.57 Å². The van der Waals surface area contributed by atoms with Crippen LogP contribution in [0, 0.1) is 5.82 Å². The topological polar surface area (TPSA) is 43.7 Å². The lowest BCUT2D eigenvalue weighted by molar-refractivity contribution is -0.0129. The zero-order chi connectivity index (χ0) is 18.8. The molecular weight excluding hydrogens is 347 g/mol. The molecule has 1 fully saturated rings. The number of methoxy groups -OCH3 is 1. The molecule has 1 amide bonds. The first-order chi connectivity index (χ1) is 13.1. The Morgan fingerprint density at radius 1 is 1.22 bits per heavy atom. The summed E-state index contributed by atoms with van der Waals surface area (Å²) in [5.74, 6) is 0.509. The van der Waals surface area contributed by atoms with Crippen molar-refractivity contribution in [2.24, 2.45) is 0 Å². The van der Waals surface area contributed by atoms with E-state index in [0.29, 0.717) is 26.1 Å². The van der Waals surface area contributed by atoms with Gasteiger partial charge in [0.1, 0.15) is 11.6 Å². The van der Waals surface area contributed by atoms with Gasteiger partial charge in [0.2, 0.25) is 0 Å². The number of nitrogens with zero attached hydrogens (tertiary/aromatic N) is 2. The summed E-state index contributed by atoms with van der Waals surface area (Å²) < 4.78 is 25.8. The van der Waals surface area contributed by atoms with Gasteiger partial charge in [-0.05, 0) is 42.0 Å². The predicted molar refractivity (Wildman–Crippen MR) is 101 cm³/mol. The molecule has 0 N–H and O–H groups in total. The van der Waals surface area contributed by atoms with E-state index in [4.69, 9.17) is 9.47 Å². The van der Waals surface area contributed by atoms with E-state index in [9.17, 15) is 9.18 Å². The third kappa shape index (κ3) is 3.66. The number of hydrogen-bond donors (Lipinski definition) is 0. The highest BCUT2D eigenvalue weighted by Crippen LogP contribution is 2.23. The van der Waals surface area contributed by atoms with Crippen molar-refractivity contribution in [3.05, 3.63) is 66.1 Å². The van der Waals surface area contributed by atoms with Crippen LogP contribution in [0.5, 0.6) is 5.75 Å². The number of hydrogen-bond acceptors (Lipinski definition) is 3. The average molecular weight is 368 g/mol. The number of rotatable bonds is 3. The fourth-order valence-corrected chi connectivity index (χ4v) is 3.47. The molecule has 0 saturated carbocycles. The molecule has 1 aliphatic rings. The number of benzene rings is 2. The number of ether oxygens (including phenoxy) is 2. The molecule has 6 heteroatoms. The second-order valence-corrected chi connectivity index (χ2v) is 6.66. The normalized spacial score (nSPS) is 17.3. The van der Waals surface area contributed by atoms with Crippen LogP contribution in [-0.2, 0) is 11.2 Å². The number of fused-ring (bicyclic) bond motifs is 1. The molecule has 0 aliphatic carbocycles. The van der Waals surface area contributed by atoms with Gasteiger partial charge in [0.05, 0.1) is 25.3 Å². The summed E-state index contributed by atoms with van der Waals surface area (Å²) in [6.45, 7) is 1.55. The van der Waals surface area contributed by atoms with Crippen molar-refractivity contribution in [1.82, 2.24) is 9.47 Å². The maximum absolute atomic E-state index is 13.1. The van der Waals surface area contributed by atoms with E-state index in [2.05, 4.69) is 0 Å². The van der Waals surface area contributed by atoms with Crippen LogP contribution in [0.2, 0.25) is 0 Å². The molecule has 1 atom stereocenters. The van der Waals surface area contributed by atoms with Gasteiger partial charge in [0.25, 0.3) is 0 Å². The number of aromatic nitrogens is 1. The first-order valence-corrected chi connectivity index (χ1v) is 8.94. The maximum Gasteiger partial charge on any atom is 0.328 e. The largest absolute Gasteiger partial charge is 0.497 e. The molecular formula is C21H21FN2O3. The SMILES string of the molecule is COc1ccc2c(ccn2C(=O)N2CCOC(Cc3ccc(F)cc3)C2)c1. The molecule has 1 aliphatic heterocycles. The highest BCUT2D eigenvalue weighted by atomic mass is 19.1. The molecule has 0 radical (unpaired) electrons. The maximum atomic E-state index is 13.1. The Hall–Kier alpha value is -2.86. The molecule has 0 spiro atoms. The van der Waals surface area contributed by atoms with Crippen LogP contribution in [0.1, 0.15) is 5.56 Å². The Morgan fingerprint density at radius 3 is 2.81 bits per heavy atom. The zero-order valence-corrected chi connectivity index (χ0v) is 15.1. The molecule has 27 heavy (non-hydrogen) atoms. The Balaban J connectivity index is 1.49. The van der Waals surface area contributed by atoms with Crippen molar-refractivity contribution in [3.8, 4) is 5.75 Å². The third-order valence-corrected chi connectivity index (χ3v) is 4.89. The fraction of sp³-hybridized carbons (Fsp3) is 0.286. The highest BCUT2D eigenvalue weighted by Gasteiger charge is 2.26. The quantitative estimate of drug-likeness (QED) is 0.708. The Morgan fingerprint density at radius 2 is 2.04 bits per heavy atom. The van der Waals surface area contributed by atoms with Crippen molar-refractivity contribution in [3.63, 3.8) is 0 Å². The van der Waals surface area contributed by atoms with E-state index >= 15 is 0 Å². The summed E-state index contributed by atoms with van der Waals surface area (Å²) in [6, 6.07) is 13.9. The molecule has 4 rings (SSSR count). The monoisotopic (exact) mass is 368 g/mol. The lowest BCUT2D eigenvalue weighted by Gasteiger charge is -2.33. The van der Waals surface area contributed by atoms with E-state index in [1.54, 1.807) is 34.9 Å². The van der Waals surface area contributed by atoms with Crippen molar-refractivity contribution in [2.75, 3.05) is 26.8 Å². The molecule has 0 bridgehead atoms. The minimum atomic E-state index is -0.253. The first-order valence-electron chi connectivity index (χ1n) is 8.94. The van der Waals surface area contributed by atoms with Crippen molar-refractivity contribution in [1.29, 1.82) is 0 Å². The van der Waals surface area contributed by atoms with Crippen LogP contribution in [0.3, 0.4) is 0 Å². The summed E-state index contributed by atoms with van der Waals surface area (Å²) in [5, 5.41) is 0.957. The summed E-state index contributed by atoms with van der Waals surface area (Å²) in [5.41, 5.74) is 1.84. The predicted octanol–water partition coefficient (Wildman–Crippen LogP) is 3.70. The number of amides is 1. The van der Waals surface area contributed by atoms with E-state index in [0.717, 1.165) is 22.2 Å². The molecule has 1 unspecified atom stereocenters. The van der Waals surface area contributed by atoms with Gasteiger partial charge in [0, 0.05) is 31.1 Å². The van der Waals surface area contributed by atoms with E-state index < -0.39 is 0 Å². The minimum absolute atomic E-state index is 0.0671. The fourth-order valence-electron chi connectivity index (χ4n) is 3.47. The average Bonchev–Trinajstić information content (AvgIpc) is 3.12. The van der Waals surface area contributed by atoms with Crippen molar-refractivity contribution >= 4 is 16.9 Å². The lowest BCUT2D eigenvalue weighted by atomic mass is 10.1. The summed E-state index contributed by atoms with van der Waals surface area (Å²) in [6.07, 6.45) is 2.33. The molecule has 1 aromatic heterocycles. The number of carbonyl (C=O) groups is 1. The standard InChI is InChI=1S/C21H21FN2O3/c1-26-18-6-7-20-16(13-18)8-9-24(20)21(25)23-10-11-27-19(14-23)12-15-2-4-17(22)5-3-15/h2-9,13,19H,10-12,14H2,1H3. The van der Waals surface area contributed by atoms with E-state index in [-0.39, 0.29) is 18.0 Å². The Labute approximate surface area is 156 Å². The van der Waals surface area contributed by atoms with Crippen LogP contribution in [0.4, 0.5) is 9.18 Å². The van der Waals surface area contributed by atoms with Gasteiger partial charge in [-0.1, -0.05) is 12.1 Å². The number of morpholine rings is 1.